The van der Waals surface area contributed by atoms with E-state index in [0.29, 0.717) is 38.2 Å². The second-order valence-corrected chi connectivity index (χ2v) is 6.39. The van der Waals surface area contributed by atoms with E-state index < -0.39 is 0 Å². The van der Waals surface area contributed by atoms with Crippen LogP contribution in [-0.4, -0.2) is 69.5 Å². The van der Waals surface area contributed by atoms with Crippen molar-refractivity contribution in [3.8, 4) is 5.88 Å². The third-order valence-corrected chi connectivity index (χ3v) is 4.31. The van der Waals surface area contributed by atoms with Crippen LogP contribution in [0.15, 0.2) is 23.3 Å². The van der Waals surface area contributed by atoms with E-state index in [4.69, 9.17) is 14.2 Å². The lowest BCUT2D eigenvalue weighted by atomic mass is 10.1. The SMILES string of the molecule is CCCOc1ncccc1CNC(=NC)N1CCC(COCCOC)C1. The van der Waals surface area contributed by atoms with Gasteiger partial charge in [-0.1, -0.05) is 13.0 Å². The van der Waals surface area contributed by atoms with Gasteiger partial charge in [0.25, 0.3) is 0 Å². The van der Waals surface area contributed by atoms with Gasteiger partial charge in [0.1, 0.15) is 0 Å². The summed E-state index contributed by atoms with van der Waals surface area (Å²) in [6.07, 6.45) is 3.84. The van der Waals surface area contributed by atoms with Crippen molar-refractivity contribution < 1.29 is 14.2 Å². The topological polar surface area (TPSA) is 68.2 Å². The lowest BCUT2D eigenvalue weighted by Crippen LogP contribution is -2.40. The Morgan fingerprint density at radius 1 is 1.38 bits per heavy atom. The number of guanidine groups is 1. The van der Waals surface area contributed by atoms with Crippen LogP contribution in [0.3, 0.4) is 0 Å². The normalized spacial score (nSPS) is 17.6. The minimum atomic E-state index is 0.534. The minimum absolute atomic E-state index is 0.534. The van der Waals surface area contributed by atoms with Crippen molar-refractivity contribution in [3.05, 3.63) is 23.9 Å². The highest BCUT2D eigenvalue weighted by molar-refractivity contribution is 5.80. The molecule has 1 fully saturated rings. The zero-order valence-electron chi connectivity index (χ0n) is 16.2. The van der Waals surface area contributed by atoms with Crippen LogP contribution < -0.4 is 10.1 Å². The molecule has 26 heavy (non-hydrogen) atoms. The molecule has 1 unspecified atom stereocenters. The lowest BCUT2D eigenvalue weighted by molar-refractivity contribution is 0.0536. The van der Waals surface area contributed by atoms with Crippen molar-refractivity contribution in [2.45, 2.75) is 26.3 Å². The summed E-state index contributed by atoms with van der Waals surface area (Å²) >= 11 is 0. The molecule has 1 aliphatic heterocycles. The number of nitrogens with one attached hydrogen (secondary N) is 1. The highest BCUT2D eigenvalue weighted by atomic mass is 16.5. The molecule has 7 heteroatoms. The fraction of sp³-hybridized carbons (Fsp3) is 0.684. The van der Waals surface area contributed by atoms with Crippen molar-refractivity contribution >= 4 is 5.96 Å². The van der Waals surface area contributed by atoms with Crippen molar-refractivity contribution in [1.82, 2.24) is 15.2 Å². The van der Waals surface area contributed by atoms with E-state index in [9.17, 15) is 0 Å². The summed E-state index contributed by atoms with van der Waals surface area (Å²) in [6, 6.07) is 3.97. The Labute approximate surface area is 156 Å². The van der Waals surface area contributed by atoms with E-state index in [1.165, 1.54) is 0 Å². The predicted octanol–water partition coefficient (Wildman–Crippen LogP) is 1.93. The molecule has 0 amide bonds. The molecular formula is C19H32N4O3. The molecule has 1 aromatic rings. The van der Waals surface area contributed by atoms with Gasteiger partial charge in [-0.05, 0) is 18.9 Å². The van der Waals surface area contributed by atoms with Gasteiger partial charge < -0.3 is 24.4 Å². The van der Waals surface area contributed by atoms with Gasteiger partial charge in [-0.25, -0.2) is 4.98 Å². The average molecular weight is 364 g/mol. The molecule has 0 aliphatic carbocycles. The fourth-order valence-electron chi connectivity index (χ4n) is 2.95. The van der Waals surface area contributed by atoms with Crippen molar-refractivity contribution in [2.24, 2.45) is 10.9 Å². The van der Waals surface area contributed by atoms with Crippen LogP contribution in [0, 0.1) is 5.92 Å². The maximum absolute atomic E-state index is 5.73. The molecule has 146 valence electrons. The summed E-state index contributed by atoms with van der Waals surface area (Å²) in [7, 11) is 3.51. The first-order chi connectivity index (χ1) is 12.8. The quantitative estimate of drug-likeness (QED) is 0.389. The van der Waals surface area contributed by atoms with Crippen molar-refractivity contribution in [1.29, 1.82) is 0 Å². The number of aliphatic imine (C=N–C) groups is 1. The summed E-state index contributed by atoms with van der Waals surface area (Å²) in [6.45, 7) is 7.43. The van der Waals surface area contributed by atoms with Crippen LogP contribution >= 0.6 is 0 Å². The van der Waals surface area contributed by atoms with Crippen LogP contribution in [0.4, 0.5) is 0 Å². The molecule has 2 rings (SSSR count). The Morgan fingerprint density at radius 3 is 3.04 bits per heavy atom. The molecule has 0 aromatic carbocycles. The first kappa shape index (κ1) is 20.5. The Bertz CT molecular complexity index is 553. The summed E-state index contributed by atoms with van der Waals surface area (Å²) in [4.78, 5) is 11.1. The van der Waals surface area contributed by atoms with Gasteiger partial charge in [0.2, 0.25) is 5.88 Å². The van der Waals surface area contributed by atoms with Crippen LogP contribution in [-0.2, 0) is 16.0 Å². The molecule has 7 nitrogen and oxygen atoms in total. The number of methoxy groups -OCH3 is 1. The van der Waals surface area contributed by atoms with Crippen LogP contribution in [0.1, 0.15) is 25.3 Å². The molecule has 0 spiro atoms. The van der Waals surface area contributed by atoms with Crippen molar-refractivity contribution in [3.63, 3.8) is 0 Å². The van der Waals surface area contributed by atoms with Crippen molar-refractivity contribution in [2.75, 3.05) is 53.7 Å². The molecule has 1 aromatic heterocycles. The molecular weight excluding hydrogens is 332 g/mol. The van der Waals surface area contributed by atoms with Gasteiger partial charge in [-0.3, -0.25) is 4.99 Å². The number of nitrogens with zero attached hydrogens (tertiary/aromatic N) is 3. The van der Waals surface area contributed by atoms with Gasteiger partial charge in [0.15, 0.2) is 5.96 Å². The molecule has 0 radical (unpaired) electrons. The first-order valence-corrected chi connectivity index (χ1v) is 9.37. The number of likely N-dealkylation sites (tertiary alicyclic amines) is 1. The second kappa shape index (κ2) is 11.7. The Kier molecular flexibility index (Phi) is 9.20. The van der Waals surface area contributed by atoms with Gasteiger partial charge >= 0.3 is 0 Å². The number of hydrogen-bond donors (Lipinski definition) is 1. The van der Waals surface area contributed by atoms with Crippen LogP contribution in [0.25, 0.3) is 0 Å². The number of pyridine rings is 1. The lowest BCUT2D eigenvalue weighted by Gasteiger charge is -2.22. The number of hydrogen-bond acceptors (Lipinski definition) is 5. The molecule has 1 saturated heterocycles. The predicted molar refractivity (Wildman–Crippen MR) is 103 cm³/mol. The van der Waals surface area contributed by atoms with E-state index in [2.05, 4.69) is 27.1 Å². The monoisotopic (exact) mass is 364 g/mol. The Balaban J connectivity index is 1.81. The van der Waals surface area contributed by atoms with E-state index in [0.717, 1.165) is 44.1 Å². The first-order valence-electron chi connectivity index (χ1n) is 9.37. The molecule has 2 heterocycles. The van der Waals surface area contributed by atoms with E-state index >= 15 is 0 Å². The standard InChI is InChI=1S/C19H32N4O3/c1-4-10-26-18-17(6-5-8-21-18)13-22-19(20-2)23-9-7-16(14-23)15-25-12-11-24-3/h5-6,8,16H,4,7,9-15H2,1-3H3,(H,20,22). The van der Waals surface area contributed by atoms with Gasteiger partial charge in [-0.2, -0.15) is 0 Å². The van der Waals surface area contributed by atoms with Crippen LogP contribution in [0.2, 0.25) is 0 Å². The molecule has 1 atom stereocenters. The van der Waals surface area contributed by atoms with Gasteiger partial charge in [0.05, 0.1) is 26.4 Å². The van der Waals surface area contributed by atoms with E-state index in [1.54, 1.807) is 13.3 Å². The van der Waals surface area contributed by atoms with Crippen LogP contribution in [0.5, 0.6) is 5.88 Å². The number of ether oxygens (including phenoxy) is 3. The summed E-state index contributed by atoms with van der Waals surface area (Å²) < 4.78 is 16.4. The zero-order valence-corrected chi connectivity index (χ0v) is 16.2. The summed E-state index contributed by atoms with van der Waals surface area (Å²) in [5.74, 6) is 2.14. The van der Waals surface area contributed by atoms with E-state index in [-0.39, 0.29) is 0 Å². The smallest absolute Gasteiger partial charge is 0.218 e. The summed E-state index contributed by atoms with van der Waals surface area (Å²) in [5.41, 5.74) is 1.04. The molecule has 1 aliphatic rings. The number of rotatable bonds is 10. The second-order valence-electron chi connectivity index (χ2n) is 6.39. The van der Waals surface area contributed by atoms with Gasteiger partial charge in [-0.15, -0.1) is 0 Å². The van der Waals surface area contributed by atoms with E-state index in [1.807, 2.05) is 19.2 Å². The summed E-state index contributed by atoms with van der Waals surface area (Å²) in [5, 5.41) is 3.44. The molecule has 1 N–H and O–H groups in total. The van der Waals surface area contributed by atoms with Gasteiger partial charge in [0, 0.05) is 51.5 Å². The third kappa shape index (κ3) is 6.46. The number of aromatic nitrogens is 1. The Hall–Kier alpha value is -1.86. The maximum Gasteiger partial charge on any atom is 0.218 e. The Morgan fingerprint density at radius 2 is 2.27 bits per heavy atom. The molecule has 0 bridgehead atoms. The highest BCUT2D eigenvalue weighted by Crippen LogP contribution is 2.18. The zero-order chi connectivity index (χ0) is 18.6. The maximum atomic E-state index is 5.73. The third-order valence-electron chi connectivity index (χ3n) is 4.31. The highest BCUT2D eigenvalue weighted by Gasteiger charge is 2.25. The average Bonchev–Trinajstić information content (AvgIpc) is 3.13. The fourth-order valence-corrected chi connectivity index (χ4v) is 2.95. The minimum Gasteiger partial charge on any atom is -0.477 e. The molecule has 0 saturated carbocycles. The largest absolute Gasteiger partial charge is 0.477 e.